The fraction of sp³-hybridized carbons (Fsp3) is 0.136. The van der Waals surface area contributed by atoms with Gasteiger partial charge in [-0.3, -0.25) is 15.1 Å². The lowest BCUT2D eigenvalue weighted by molar-refractivity contribution is 0.0976. The van der Waals surface area contributed by atoms with Crippen molar-refractivity contribution in [1.29, 1.82) is 0 Å². The number of para-hydroxylation sites is 1. The second-order valence-corrected chi connectivity index (χ2v) is 6.04. The van der Waals surface area contributed by atoms with Gasteiger partial charge in [0.25, 0.3) is 5.91 Å². The van der Waals surface area contributed by atoms with Crippen molar-refractivity contribution in [2.24, 2.45) is 4.99 Å². The van der Waals surface area contributed by atoms with Gasteiger partial charge in [0.15, 0.2) is 11.5 Å². The van der Waals surface area contributed by atoms with Crippen LogP contribution in [0.15, 0.2) is 78.0 Å². The highest BCUT2D eigenvalue weighted by Gasteiger charge is 2.13. The zero-order valence-corrected chi connectivity index (χ0v) is 16.3. The molecular formula is C22H22N4O3. The Bertz CT molecular complexity index is 976. The molecule has 0 atom stereocenters. The van der Waals surface area contributed by atoms with Crippen LogP contribution < -0.4 is 20.1 Å². The average Bonchev–Trinajstić information content (AvgIpc) is 2.78. The van der Waals surface area contributed by atoms with Gasteiger partial charge in [-0.05, 0) is 48.0 Å². The van der Waals surface area contributed by atoms with Crippen molar-refractivity contribution in [2.45, 2.75) is 6.54 Å². The van der Waals surface area contributed by atoms with Crippen molar-refractivity contribution < 1.29 is 14.3 Å². The molecule has 3 aromatic rings. The molecule has 1 heterocycles. The minimum atomic E-state index is -0.317. The second-order valence-electron chi connectivity index (χ2n) is 6.04. The highest BCUT2D eigenvalue weighted by Crippen LogP contribution is 2.27. The Morgan fingerprint density at radius 1 is 0.966 bits per heavy atom. The van der Waals surface area contributed by atoms with E-state index in [9.17, 15) is 4.79 Å². The Labute approximate surface area is 169 Å². The summed E-state index contributed by atoms with van der Waals surface area (Å²) in [7, 11) is 3.07. The summed E-state index contributed by atoms with van der Waals surface area (Å²) in [6, 6.07) is 18.2. The molecule has 2 aromatic carbocycles. The summed E-state index contributed by atoms with van der Waals surface area (Å²) < 4.78 is 10.5. The van der Waals surface area contributed by atoms with Crippen molar-refractivity contribution in [1.82, 2.24) is 10.3 Å². The SMILES string of the molecule is COc1ccc(C(=O)NC(=NCc2ccncc2)Nc2ccccc2)cc1OC. The smallest absolute Gasteiger partial charge is 0.258 e. The van der Waals surface area contributed by atoms with Crippen LogP contribution in [0.2, 0.25) is 0 Å². The number of amides is 1. The van der Waals surface area contributed by atoms with Gasteiger partial charge in [0.05, 0.1) is 20.8 Å². The third kappa shape index (κ3) is 5.55. The first kappa shape index (κ1) is 19.9. The molecule has 0 saturated heterocycles. The van der Waals surface area contributed by atoms with Crippen molar-refractivity contribution in [2.75, 3.05) is 19.5 Å². The van der Waals surface area contributed by atoms with Crippen molar-refractivity contribution in [3.05, 3.63) is 84.2 Å². The molecule has 0 spiro atoms. The molecule has 0 fully saturated rings. The number of hydrogen-bond donors (Lipinski definition) is 2. The lowest BCUT2D eigenvalue weighted by Gasteiger charge is -2.13. The number of aromatic nitrogens is 1. The Balaban J connectivity index is 1.81. The molecule has 7 nitrogen and oxygen atoms in total. The van der Waals surface area contributed by atoms with Gasteiger partial charge >= 0.3 is 0 Å². The fourth-order valence-electron chi connectivity index (χ4n) is 2.58. The van der Waals surface area contributed by atoms with E-state index >= 15 is 0 Å². The summed E-state index contributed by atoms with van der Waals surface area (Å²) >= 11 is 0. The van der Waals surface area contributed by atoms with Crippen LogP contribution in [0.25, 0.3) is 0 Å². The summed E-state index contributed by atoms with van der Waals surface area (Å²) in [4.78, 5) is 21.3. The van der Waals surface area contributed by atoms with Crippen molar-refractivity contribution in [3.63, 3.8) is 0 Å². The molecule has 3 rings (SSSR count). The van der Waals surface area contributed by atoms with E-state index in [1.54, 1.807) is 37.7 Å². The molecule has 7 heteroatoms. The number of hydrogen-bond acceptors (Lipinski definition) is 5. The molecule has 1 aromatic heterocycles. The Morgan fingerprint density at radius 2 is 1.69 bits per heavy atom. The van der Waals surface area contributed by atoms with E-state index < -0.39 is 0 Å². The summed E-state index contributed by atoms with van der Waals surface area (Å²) in [5, 5.41) is 5.98. The Kier molecular flexibility index (Phi) is 6.78. The highest BCUT2D eigenvalue weighted by atomic mass is 16.5. The molecule has 0 bridgehead atoms. The van der Waals surface area contributed by atoms with E-state index in [1.165, 1.54) is 7.11 Å². The van der Waals surface area contributed by atoms with Gasteiger partial charge in [-0.1, -0.05) is 18.2 Å². The number of pyridine rings is 1. The number of guanidine groups is 1. The van der Waals surface area contributed by atoms with Crippen LogP contribution in [-0.4, -0.2) is 31.1 Å². The van der Waals surface area contributed by atoms with Gasteiger partial charge in [0.2, 0.25) is 5.96 Å². The number of anilines is 1. The predicted octanol–water partition coefficient (Wildman–Crippen LogP) is 3.50. The van der Waals surface area contributed by atoms with E-state index in [-0.39, 0.29) is 5.91 Å². The van der Waals surface area contributed by atoms with Crippen molar-refractivity contribution in [3.8, 4) is 11.5 Å². The molecule has 0 unspecified atom stereocenters. The summed E-state index contributed by atoms with van der Waals surface area (Å²) in [5.41, 5.74) is 2.22. The molecule has 0 aliphatic heterocycles. The molecule has 0 saturated carbocycles. The number of carbonyl (C=O) groups is 1. The number of nitrogens with one attached hydrogen (secondary N) is 2. The fourth-order valence-corrected chi connectivity index (χ4v) is 2.58. The van der Waals surface area contributed by atoms with E-state index in [0.29, 0.717) is 29.6 Å². The molecule has 2 N–H and O–H groups in total. The Morgan fingerprint density at radius 3 is 2.38 bits per heavy atom. The monoisotopic (exact) mass is 390 g/mol. The third-order valence-corrected chi connectivity index (χ3v) is 4.08. The third-order valence-electron chi connectivity index (χ3n) is 4.08. The number of carbonyl (C=O) groups excluding carboxylic acids is 1. The summed E-state index contributed by atoms with van der Waals surface area (Å²) in [6.07, 6.45) is 3.41. The number of ether oxygens (including phenoxy) is 2. The van der Waals surface area contributed by atoms with E-state index in [1.807, 2.05) is 42.5 Å². The molecule has 0 aliphatic carbocycles. The number of nitrogens with zero attached hydrogens (tertiary/aromatic N) is 2. The van der Waals surface area contributed by atoms with E-state index in [2.05, 4.69) is 20.6 Å². The first-order valence-electron chi connectivity index (χ1n) is 8.98. The molecule has 0 aliphatic rings. The van der Waals surface area contributed by atoms with Crippen LogP contribution >= 0.6 is 0 Å². The molecule has 0 radical (unpaired) electrons. The minimum absolute atomic E-state index is 0.317. The van der Waals surface area contributed by atoms with E-state index in [4.69, 9.17) is 9.47 Å². The van der Waals surface area contributed by atoms with Gasteiger partial charge < -0.3 is 14.8 Å². The van der Waals surface area contributed by atoms with Gasteiger partial charge in [0, 0.05) is 23.6 Å². The number of benzene rings is 2. The van der Waals surface area contributed by atoms with Crippen LogP contribution in [0.1, 0.15) is 15.9 Å². The molecular weight excluding hydrogens is 368 g/mol. The van der Waals surface area contributed by atoms with Gasteiger partial charge in [-0.2, -0.15) is 0 Å². The van der Waals surface area contributed by atoms with Crippen LogP contribution in [0.3, 0.4) is 0 Å². The summed E-state index contributed by atoms with van der Waals surface area (Å²) in [5.74, 6) is 1.06. The number of methoxy groups -OCH3 is 2. The summed E-state index contributed by atoms with van der Waals surface area (Å²) in [6.45, 7) is 0.393. The lowest BCUT2D eigenvalue weighted by atomic mass is 10.2. The van der Waals surface area contributed by atoms with Crippen LogP contribution in [-0.2, 0) is 6.54 Å². The standard InChI is InChI=1S/C22H22N4O3/c1-28-19-9-8-17(14-20(19)29-2)21(27)26-22(25-18-6-4-3-5-7-18)24-15-16-10-12-23-13-11-16/h3-14H,15H2,1-2H3,(H2,24,25,26,27). The van der Waals surface area contributed by atoms with Gasteiger partial charge in [-0.15, -0.1) is 0 Å². The molecule has 1 amide bonds. The van der Waals surface area contributed by atoms with Crippen LogP contribution in [0, 0.1) is 0 Å². The Hall–Kier alpha value is -3.87. The maximum absolute atomic E-state index is 12.8. The molecule has 148 valence electrons. The van der Waals surface area contributed by atoms with Crippen LogP contribution in [0.5, 0.6) is 11.5 Å². The highest BCUT2D eigenvalue weighted by molar-refractivity contribution is 6.10. The number of rotatable bonds is 6. The maximum Gasteiger partial charge on any atom is 0.258 e. The zero-order chi connectivity index (χ0) is 20.5. The largest absolute Gasteiger partial charge is 0.493 e. The topological polar surface area (TPSA) is 84.8 Å². The minimum Gasteiger partial charge on any atom is -0.493 e. The first-order valence-corrected chi connectivity index (χ1v) is 8.98. The van der Waals surface area contributed by atoms with Crippen molar-refractivity contribution >= 4 is 17.6 Å². The first-order chi connectivity index (χ1) is 14.2. The normalized spacial score (nSPS) is 10.9. The van der Waals surface area contributed by atoms with Crippen LogP contribution in [0.4, 0.5) is 5.69 Å². The average molecular weight is 390 g/mol. The number of aliphatic imine (C=N–C) groups is 1. The van der Waals surface area contributed by atoms with E-state index in [0.717, 1.165) is 11.3 Å². The predicted molar refractivity (Wildman–Crippen MR) is 112 cm³/mol. The van der Waals surface area contributed by atoms with Gasteiger partial charge in [0.1, 0.15) is 0 Å². The maximum atomic E-state index is 12.8. The lowest BCUT2D eigenvalue weighted by Crippen LogP contribution is -2.36. The molecule has 29 heavy (non-hydrogen) atoms. The second kappa shape index (κ2) is 9.89. The van der Waals surface area contributed by atoms with Gasteiger partial charge in [-0.25, -0.2) is 4.99 Å². The quantitative estimate of drug-likeness (QED) is 0.497. The zero-order valence-electron chi connectivity index (χ0n) is 16.3.